The van der Waals surface area contributed by atoms with Gasteiger partial charge < -0.3 is 4.74 Å². The lowest BCUT2D eigenvalue weighted by molar-refractivity contribution is -0.110. The number of thioether (sulfide) groups is 1. The maximum Gasteiger partial charge on any atom is 0.194 e. The maximum atomic E-state index is 12.2. The average molecular weight is 348 g/mol. The van der Waals surface area contributed by atoms with Crippen LogP contribution in [0.1, 0.15) is 12.0 Å². The third kappa shape index (κ3) is 4.97. The van der Waals surface area contributed by atoms with E-state index < -0.39 is 0 Å². The zero-order valence-corrected chi connectivity index (χ0v) is 15.0. The molecule has 25 heavy (non-hydrogen) atoms. The van der Waals surface area contributed by atoms with Crippen LogP contribution in [-0.2, 0) is 11.2 Å². The number of hydrogen-bond acceptors (Lipinski definition) is 3. The molecule has 0 N–H and O–H groups in total. The van der Waals surface area contributed by atoms with Gasteiger partial charge in [0, 0.05) is 11.3 Å². The monoisotopic (exact) mass is 348 g/mol. The minimum absolute atomic E-state index is 0.178. The summed E-state index contributed by atoms with van der Waals surface area (Å²) in [4.78, 5) is 13.1. The van der Waals surface area contributed by atoms with Gasteiger partial charge in [0.25, 0.3) is 0 Å². The predicted octanol–water partition coefficient (Wildman–Crippen LogP) is 5.61. The quantitative estimate of drug-likeness (QED) is 0.541. The van der Waals surface area contributed by atoms with Crippen LogP contribution in [0, 0.1) is 0 Å². The largest absolute Gasteiger partial charge is 0.497 e. The molecule has 0 heterocycles. The minimum atomic E-state index is 0.178. The van der Waals surface area contributed by atoms with Gasteiger partial charge in [-0.3, -0.25) is 4.79 Å². The topological polar surface area (TPSA) is 26.3 Å². The van der Waals surface area contributed by atoms with E-state index in [0.29, 0.717) is 6.42 Å². The van der Waals surface area contributed by atoms with Crippen LogP contribution in [0.4, 0.5) is 0 Å². The Kier molecular flexibility index (Phi) is 5.91. The van der Waals surface area contributed by atoms with Gasteiger partial charge in [-0.2, -0.15) is 0 Å². The number of aryl methyl sites for hydroxylation is 1. The number of carbonyl (C=O) groups excluding carboxylic acids is 1. The van der Waals surface area contributed by atoms with E-state index >= 15 is 0 Å². The molecule has 3 aromatic carbocycles. The second-order valence-electron chi connectivity index (χ2n) is 5.71. The Labute approximate surface area is 152 Å². The summed E-state index contributed by atoms with van der Waals surface area (Å²) in [5.41, 5.74) is 3.59. The van der Waals surface area contributed by atoms with Crippen molar-refractivity contribution in [2.45, 2.75) is 17.7 Å². The standard InChI is InChI=1S/C22H20O2S/c1-24-20-12-14-21(15-13-20)25-22(23)16-9-17-7-10-19(11-8-17)18-5-3-2-4-6-18/h2-8,10-15H,9,16H2,1H3. The van der Waals surface area contributed by atoms with E-state index in [9.17, 15) is 4.79 Å². The first-order valence-corrected chi connectivity index (χ1v) is 9.05. The van der Waals surface area contributed by atoms with Crippen molar-refractivity contribution in [1.82, 2.24) is 0 Å². The molecular formula is C22H20O2S. The van der Waals surface area contributed by atoms with Gasteiger partial charge in [-0.25, -0.2) is 0 Å². The van der Waals surface area contributed by atoms with Crippen LogP contribution in [0.5, 0.6) is 5.75 Å². The molecule has 3 rings (SSSR count). The van der Waals surface area contributed by atoms with Crippen LogP contribution >= 0.6 is 11.8 Å². The van der Waals surface area contributed by atoms with Gasteiger partial charge >= 0.3 is 0 Å². The minimum Gasteiger partial charge on any atom is -0.497 e. The molecule has 0 radical (unpaired) electrons. The Balaban J connectivity index is 1.53. The molecule has 0 aliphatic heterocycles. The highest BCUT2D eigenvalue weighted by Crippen LogP contribution is 2.24. The van der Waals surface area contributed by atoms with Crippen LogP contribution < -0.4 is 4.74 Å². The Morgan fingerprint density at radius 2 is 1.48 bits per heavy atom. The molecule has 0 saturated carbocycles. The normalized spacial score (nSPS) is 10.4. The maximum absolute atomic E-state index is 12.2. The first-order valence-electron chi connectivity index (χ1n) is 8.24. The van der Waals surface area contributed by atoms with E-state index in [1.165, 1.54) is 28.5 Å². The molecule has 0 aliphatic rings. The third-order valence-corrected chi connectivity index (χ3v) is 4.91. The highest BCUT2D eigenvalue weighted by molar-refractivity contribution is 8.13. The van der Waals surface area contributed by atoms with E-state index in [-0.39, 0.29) is 5.12 Å². The van der Waals surface area contributed by atoms with Crippen LogP contribution in [0.15, 0.2) is 83.8 Å². The Morgan fingerprint density at radius 3 is 2.12 bits per heavy atom. The molecule has 126 valence electrons. The third-order valence-electron chi connectivity index (χ3n) is 3.97. The molecular weight excluding hydrogens is 328 g/mol. The van der Waals surface area contributed by atoms with Crippen molar-refractivity contribution in [2.24, 2.45) is 0 Å². The summed E-state index contributed by atoms with van der Waals surface area (Å²) in [7, 11) is 1.64. The van der Waals surface area contributed by atoms with Crippen molar-refractivity contribution >= 4 is 16.9 Å². The highest BCUT2D eigenvalue weighted by atomic mass is 32.2. The number of rotatable bonds is 6. The summed E-state index contributed by atoms with van der Waals surface area (Å²) in [5, 5.41) is 0.178. The fourth-order valence-electron chi connectivity index (χ4n) is 2.57. The lowest BCUT2D eigenvalue weighted by Crippen LogP contribution is -1.95. The molecule has 2 nitrogen and oxygen atoms in total. The first kappa shape index (κ1) is 17.3. The Morgan fingerprint density at radius 1 is 0.840 bits per heavy atom. The summed E-state index contributed by atoms with van der Waals surface area (Å²) in [6.45, 7) is 0. The number of hydrogen-bond donors (Lipinski definition) is 0. The zero-order chi connectivity index (χ0) is 17.5. The molecule has 3 aromatic rings. The van der Waals surface area contributed by atoms with Crippen molar-refractivity contribution in [3.8, 4) is 16.9 Å². The fourth-order valence-corrected chi connectivity index (χ4v) is 3.31. The molecule has 0 unspecified atom stereocenters. The molecule has 0 spiro atoms. The molecule has 0 bridgehead atoms. The number of carbonyl (C=O) groups is 1. The first-order chi connectivity index (χ1) is 12.2. The van der Waals surface area contributed by atoms with Crippen LogP contribution in [0.2, 0.25) is 0 Å². The average Bonchev–Trinajstić information content (AvgIpc) is 2.68. The molecule has 0 aromatic heterocycles. The van der Waals surface area contributed by atoms with Gasteiger partial charge in [0.2, 0.25) is 0 Å². The highest BCUT2D eigenvalue weighted by Gasteiger charge is 2.06. The van der Waals surface area contributed by atoms with Gasteiger partial charge in [0.05, 0.1) is 7.11 Å². The molecule has 3 heteroatoms. The molecule has 0 fully saturated rings. The number of ether oxygens (including phenoxy) is 1. The Hall–Kier alpha value is -2.52. The van der Waals surface area contributed by atoms with Gasteiger partial charge in [-0.15, -0.1) is 0 Å². The number of methoxy groups -OCH3 is 1. The molecule has 0 atom stereocenters. The summed E-state index contributed by atoms with van der Waals surface area (Å²) in [5.74, 6) is 0.801. The van der Waals surface area contributed by atoms with Gasteiger partial charge in [0.1, 0.15) is 5.75 Å². The lowest BCUT2D eigenvalue weighted by atomic mass is 10.0. The summed E-state index contributed by atoms with van der Waals surface area (Å²) in [6, 6.07) is 26.3. The van der Waals surface area contributed by atoms with Gasteiger partial charge in [-0.05, 0) is 47.4 Å². The van der Waals surface area contributed by atoms with E-state index in [4.69, 9.17) is 4.74 Å². The van der Waals surface area contributed by atoms with Gasteiger partial charge in [0.15, 0.2) is 5.12 Å². The van der Waals surface area contributed by atoms with Gasteiger partial charge in [-0.1, -0.05) is 66.4 Å². The van der Waals surface area contributed by atoms with Crippen molar-refractivity contribution in [3.63, 3.8) is 0 Å². The van der Waals surface area contributed by atoms with Crippen molar-refractivity contribution in [1.29, 1.82) is 0 Å². The van der Waals surface area contributed by atoms with Crippen LogP contribution in [0.25, 0.3) is 11.1 Å². The SMILES string of the molecule is COc1ccc(SC(=O)CCc2ccc(-c3ccccc3)cc2)cc1. The van der Waals surface area contributed by atoms with Crippen molar-refractivity contribution in [3.05, 3.63) is 84.4 Å². The molecule has 0 aliphatic carbocycles. The summed E-state index contributed by atoms with van der Waals surface area (Å²) >= 11 is 1.29. The van der Waals surface area contributed by atoms with Crippen LogP contribution in [-0.4, -0.2) is 12.2 Å². The molecule has 0 saturated heterocycles. The lowest BCUT2D eigenvalue weighted by Gasteiger charge is -2.05. The van der Waals surface area contributed by atoms with Crippen molar-refractivity contribution < 1.29 is 9.53 Å². The second kappa shape index (κ2) is 8.54. The fraction of sp³-hybridized carbons (Fsp3) is 0.136. The van der Waals surface area contributed by atoms with E-state index in [1.54, 1.807) is 7.11 Å². The molecule has 0 amide bonds. The summed E-state index contributed by atoms with van der Waals surface area (Å²) < 4.78 is 5.13. The van der Waals surface area contributed by atoms with E-state index in [0.717, 1.165) is 17.1 Å². The predicted molar refractivity (Wildman–Crippen MR) is 104 cm³/mol. The van der Waals surface area contributed by atoms with E-state index in [2.05, 4.69) is 36.4 Å². The summed E-state index contributed by atoms with van der Waals surface area (Å²) in [6.07, 6.45) is 1.29. The van der Waals surface area contributed by atoms with Crippen LogP contribution in [0.3, 0.4) is 0 Å². The van der Waals surface area contributed by atoms with Crippen molar-refractivity contribution in [2.75, 3.05) is 7.11 Å². The second-order valence-corrected chi connectivity index (χ2v) is 6.84. The zero-order valence-electron chi connectivity index (χ0n) is 14.1. The Bertz CT molecular complexity index is 809. The number of benzene rings is 3. The smallest absolute Gasteiger partial charge is 0.194 e. The van der Waals surface area contributed by atoms with E-state index in [1.807, 2.05) is 42.5 Å².